The zero-order chi connectivity index (χ0) is 19.3. The average Bonchev–Trinajstić information content (AvgIpc) is 3.14. The summed E-state index contributed by atoms with van der Waals surface area (Å²) in [4.78, 5) is 24.8. The highest BCUT2D eigenvalue weighted by Gasteiger charge is 2.41. The van der Waals surface area contributed by atoms with Crippen LogP contribution in [0, 0.1) is 5.82 Å². The van der Waals surface area contributed by atoms with Crippen molar-refractivity contribution in [3.05, 3.63) is 82.2 Å². The molecule has 0 unspecified atom stereocenters. The number of nitrogens with one attached hydrogen (secondary N) is 2. The van der Waals surface area contributed by atoms with Gasteiger partial charge in [0.2, 0.25) is 0 Å². The molecule has 0 atom stereocenters. The van der Waals surface area contributed by atoms with Gasteiger partial charge in [-0.25, -0.2) is 4.39 Å². The summed E-state index contributed by atoms with van der Waals surface area (Å²) in [7, 11) is 0. The first-order valence-corrected chi connectivity index (χ1v) is 7.81. The third-order valence-electron chi connectivity index (χ3n) is 4.29. The topological polar surface area (TPSA) is 58.2 Å². The van der Waals surface area contributed by atoms with Crippen LogP contribution in [0.1, 0.15) is 16.7 Å². The summed E-state index contributed by atoms with van der Waals surface area (Å²) in [6.45, 7) is 0. The van der Waals surface area contributed by atoms with E-state index in [1.54, 1.807) is 0 Å². The maximum absolute atomic E-state index is 13.1. The van der Waals surface area contributed by atoms with Crippen LogP contribution in [0.15, 0.2) is 59.7 Å². The summed E-state index contributed by atoms with van der Waals surface area (Å²) in [6.07, 6.45) is -4.56. The highest BCUT2D eigenvalue weighted by molar-refractivity contribution is 6.30. The van der Waals surface area contributed by atoms with E-state index >= 15 is 0 Å². The van der Waals surface area contributed by atoms with E-state index in [4.69, 9.17) is 0 Å². The van der Waals surface area contributed by atoms with E-state index in [0.717, 1.165) is 12.1 Å². The van der Waals surface area contributed by atoms with E-state index in [2.05, 4.69) is 10.6 Å². The van der Waals surface area contributed by atoms with Gasteiger partial charge < -0.3 is 10.6 Å². The normalized spacial score (nSPS) is 16.6. The average molecular weight is 374 g/mol. The predicted molar refractivity (Wildman–Crippen MR) is 88.0 cm³/mol. The van der Waals surface area contributed by atoms with E-state index in [-0.39, 0.29) is 28.1 Å². The maximum Gasteiger partial charge on any atom is 0.416 e. The lowest BCUT2D eigenvalue weighted by Crippen LogP contribution is -2.21. The van der Waals surface area contributed by atoms with Crippen LogP contribution in [-0.4, -0.2) is 11.8 Å². The Bertz CT molecular complexity index is 1050. The van der Waals surface area contributed by atoms with Gasteiger partial charge >= 0.3 is 6.18 Å². The number of alkyl halides is 3. The standard InChI is InChI=1S/C19H10F4N2O2/c20-12-6-4-9(5-7-12)15-13-14(18(27)24-15)16(25-17(13)26)10-2-1-3-11(8-10)19(21,22)23/h1-8H,(H,24,27)(H,25,26). The van der Waals surface area contributed by atoms with Gasteiger partial charge in [-0.2, -0.15) is 13.2 Å². The summed E-state index contributed by atoms with van der Waals surface area (Å²) in [5, 5.41) is 5.02. The SMILES string of the molecule is O=C1NC(c2cccc(C(F)(F)F)c2)=C2C(=O)NC(c3ccc(F)cc3)=C12. The van der Waals surface area contributed by atoms with Crippen molar-refractivity contribution in [3.8, 4) is 0 Å². The van der Waals surface area contributed by atoms with Crippen molar-refractivity contribution in [1.82, 2.24) is 10.6 Å². The van der Waals surface area contributed by atoms with E-state index in [9.17, 15) is 27.2 Å². The minimum Gasteiger partial charge on any atom is -0.321 e. The molecule has 0 fully saturated rings. The molecule has 0 saturated carbocycles. The molecule has 27 heavy (non-hydrogen) atoms. The highest BCUT2D eigenvalue weighted by atomic mass is 19.4. The maximum atomic E-state index is 13.1. The van der Waals surface area contributed by atoms with Gasteiger partial charge in [0.15, 0.2) is 0 Å². The second kappa shape index (κ2) is 5.80. The largest absolute Gasteiger partial charge is 0.416 e. The van der Waals surface area contributed by atoms with Crippen LogP contribution in [0.2, 0.25) is 0 Å². The van der Waals surface area contributed by atoms with Gasteiger partial charge in [-0.15, -0.1) is 0 Å². The molecule has 2 aromatic rings. The lowest BCUT2D eigenvalue weighted by atomic mass is 10.0. The number of hydrogen-bond acceptors (Lipinski definition) is 2. The second-order valence-electron chi connectivity index (χ2n) is 5.99. The Kier molecular flexibility index (Phi) is 3.66. The quantitative estimate of drug-likeness (QED) is 0.793. The number of fused-ring (bicyclic) bond motifs is 1. The molecule has 0 aromatic heterocycles. The molecule has 4 nitrogen and oxygen atoms in total. The van der Waals surface area contributed by atoms with Crippen LogP contribution < -0.4 is 10.6 Å². The molecule has 0 aliphatic carbocycles. The molecule has 0 radical (unpaired) electrons. The summed E-state index contributed by atoms with van der Waals surface area (Å²) in [5.74, 6) is -1.71. The molecule has 8 heteroatoms. The van der Waals surface area contributed by atoms with Gasteiger partial charge in [-0.1, -0.05) is 12.1 Å². The van der Waals surface area contributed by atoms with Gasteiger partial charge in [0.1, 0.15) is 5.82 Å². The van der Waals surface area contributed by atoms with Gasteiger partial charge in [0.05, 0.1) is 28.1 Å². The zero-order valence-electron chi connectivity index (χ0n) is 13.4. The molecule has 2 aliphatic rings. The highest BCUT2D eigenvalue weighted by Crippen LogP contribution is 2.38. The van der Waals surface area contributed by atoms with Gasteiger partial charge in [-0.05, 0) is 47.5 Å². The van der Waals surface area contributed by atoms with Crippen molar-refractivity contribution in [2.75, 3.05) is 0 Å². The summed E-state index contributed by atoms with van der Waals surface area (Å²) < 4.78 is 52.0. The Labute approximate surface area is 150 Å². The fraction of sp³-hybridized carbons (Fsp3) is 0.0526. The third kappa shape index (κ3) is 2.79. The molecule has 0 bridgehead atoms. The van der Waals surface area contributed by atoms with Crippen molar-refractivity contribution in [1.29, 1.82) is 0 Å². The Hall–Kier alpha value is -3.42. The minimum atomic E-state index is -4.56. The predicted octanol–water partition coefficient (Wildman–Crippen LogP) is 3.23. The van der Waals surface area contributed by atoms with E-state index in [1.807, 2.05) is 0 Å². The van der Waals surface area contributed by atoms with Crippen LogP contribution >= 0.6 is 0 Å². The van der Waals surface area contributed by atoms with Crippen LogP contribution in [-0.2, 0) is 15.8 Å². The molecule has 136 valence electrons. The lowest BCUT2D eigenvalue weighted by molar-refractivity contribution is -0.137. The Morgan fingerprint density at radius 2 is 1.30 bits per heavy atom. The minimum absolute atomic E-state index is 0.00992. The lowest BCUT2D eigenvalue weighted by Gasteiger charge is -2.10. The molecular weight excluding hydrogens is 364 g/mol. The second-order valence-corrected chi connectivity index (χ2v) is 5.99. The first-order chi connectivity index (χ1) is 12.8. The molecule has 0 spiro atoms. The Morgan fingerprint density at radius 3 is 1.85 bits per heavy atom. The number of amides is 2. The van der Waals surface area contributed by atoms with Gasteiger partial charge in [0, 0.05) is 0 Å². The van der Waals surface area contributed by atoms with E-state index in [0.29, 0.717) is 5.56 Å². The van der Waals surface area contributed by atoms with Gasteiger partial charge in [0.25, 0.3) is 11.8 Å². The smallest absolute Gasteiger partial charge is 0.321 e. The van der Waals surface area contributed by atoms with Crippen molar-refractivity contribution >= 4 is 23.2 Å². The fourth-order valence-electron chi connectivity index (χ4n) is 3.08. The third-order valence-corrected chi connectivity index (χ3v) is 4.29. The number of halogens is 4. The number of carbonyl (C=O) groups excluding carboxylic acids is 2. The van der Waals surface area contributed by atoms with E-state index in [1.165, 1.54) is 36.4 Å². The number of hydrogen-bond donors (Lipinski definition) is 2. The molecular formula is C19H10F4N2O2. The first-order valence-electron chi connectivity index (χ1n) is 7.81. The fourth-order valence-corrected chi connectivity index (χ4v) is 3.08. The molecule has 4 rings (SSSR count). The number of rotatable bonds is 2. The van der Waals surface area contributed by atoms with Crippen LogP contribution in [0.5, 0.6) is 0 Å². The first kappa shape index (κ1) is 17.0. The number of benzene rings is 2. The van der Waals surface area contributed by atoms with Crippen molar-refractivity contribution in [2.24, 2.45) is 0 Å². The number of carbonyl (C=O) groups is 2. The van der Waals surface area contributed by atoms with Crippen molar-refractivity contribution in [3.63, 3.8) is 0 Å². The monoisotopic (exact) mass is 374 g/mol. The van der Waals surface area contributed by atoms with Crippen LogP contribution in [0.4, 0.5) is 17.6 Å². The van der Waals surface area contributed by atoms with Gasteiger partial charge in [-0.3, -0.25) is 9.59 Å². The Balaban J connectivity index is 1.87. The van der Waals surface area contributed by atoms with Crippen molar-refractivity contribution in [2.45, 2.75) is 6.18 Å². The molecule has 2 aromatic carbocycles. The summed E-state index contributed by atoms with van der Waals surface area (Å²) in [5.41, 5.74) is -0.214. The zero-order valence-corrected chi connectivity index (χ0v) is 13.4. The van der Waals surface area contributed by atoms with E-state index < -0.39 is 29.4 Å². The summed E-state index contributed by atoms with van der Waals surface area (Å²) in [6, 6.07) is 9.51. The van der Waals surface area contributed by atoms with Crippen LogP contribution in [0.3, 0.4) is 0 Å². The van der Waals surface area contributed by atoms with Crippen LogP contribution in [0.25, 0.3) is 11.4 Å². The summed E-state index contributed by atoms with van der Waals surface area (Å²) >= 11 is 0. The molecule has 2 N–H and O–H groups in total. The molecule has 2 aliphatic heterocycles. The molecule has 2 amide bonds. The molecule has 2 heterocycles. The van der Waals surface area contributed by atoms with Crippen molar-refractivity contribution < 1.29 is 27.2 Å². The molecule has 0 saturated heterocycles. The Morgan fingerprint density at radius 1 is 0.741 bits per heavy atom.